The number of benzene rings is 2. The minimum atomic E-state index is -0.200. The highest BCUT2D eigenvalue weighted by Gasteiger charge is 2.46. The molecular weight excluding hydrogens is 632 g/mol. The molecule has 6 aromatic rings. The summed E-state index contributed by atoms with van der Waals surface area (Å²) in [6.07, 6.45) is 9.28. The van der Waals surface area contributed by atoms with E-state index in [1.807, 2.05) is 48.5 Å². The molecule has 0 radical (unpaired) electrons. The van der Waals surface area contributed by atoms with Crippen molar-refractivity contribution in [3.05, 3.63) is 60.9 Å². The van der Waals surface area contributed by atoms with Crippen LogP contribution in [0.2, 0.25) is 0 Å². The van der Waals surface area contributed by atoms with Crippen molar-refractivity contribution in [3.8, 4) is 22.5 Å². The highest BCUT2D eigenvalue weighted by molar-refractivity contribution is 5.93. The number of hydrogen-bond acceptors (Lipinski definition) is 12. The molecule has 14 heteroatoms. The molecule has 2 aromatic carbocycles. The summed E-state index contributed by atoms with van der Waals surface area (Å²) in [5.41, 5.74) is 17.4. The van der Waals surface area contributed by atoms with E-state index in [4.69, 9.17) is 11.5 Å². The van der Waals surface area contributed by atoms with Crippen LogP contribution in [0.3, 0.4) is 0 Å². The van der Waals surface area contributed by atoms with Crippen LogP contribution in [0.4, 0.5) is 23.5 Å². The topological polar surface area (TPSA) is 225 Å². The lowest BCUT2D eigenvalue weighted by Gasteiger charge is -2.27. The summed E-state index contributed by atoms with van der Waals surface area (Å²) >= 11 is 0. The minimum absolute atomic E-state index is 0.200. The Labute approximate surface area is 287 Å². The van der Waals surface area contributed by atoms with Gasteiger partial charge in [0.1, 0.15) is 11.6 Å². The van der Waals surface area contributed by atoms with Gasteiger partial charge in [0.2, 0.25) is 11.9 Å². The fourth-order valence-corrected chi connectivity index (χ4v) is 8.99. The molecule has 10 rings (SSSR count). The first-order chi connectivity index (χ1) is 24.3. The number of nitrogens with two attached hydrogens (primary N) is 2. The van der Waals surface area contributed by atoms with E-state index in [0.29, 0.717) is 23.7 Å². The lowest BCUT2D eigenvalue weighted by molar-refractivity contribution is 0.106. The second-order valence-corrected chi connectivity index (χ2v) is 14.4. The molecule has 256 valence electrons. The number of aromatic amines is 2. The number of nitrogens with zero attached hydrogens (tertiary/aromatic N) is 6. The number of anilines is 4. The van der Waals surface area contributed by atoms with Gasteiger partial charge < -0.3 is 32.3 Å². The Hall–Kier alpha value is -5.34. The number of H-pyrrole nitrogens is 2. The number of rotatable bonds is 6. The van der Waals surface area contributed by atoms with E-state index in [2.05, 4.69) is 51.0 Å². The third kappa shape index (κ3) is 5.63. The Balaban J connectivity index is 0.000000135. The summed E-state index contributed by atoms with van der Waals surface area (Å²) < 4.78 is 0. The third-order valence-electron chi connectivity index (χ3n) is 11.3. The molecule has 4 heterocycles. The first-order valence-corrected chi connectivity index (χ1v) is 17.4. The molecule has 0 unspecified atom stereocenters. The minimum Gasteiger partial charge on any atom is -0.393 e. The van der Waals surface area contributed by atoms with Gasteiger partial charge in [-0.2, -0.15) is 20.2 Å². The summed E-state index contributed by atoms with van der Waals surface area (Å²) in [5, 5.41) is 43.2. The molecule has 4 fully saturated rings. The van der Waals surface area contributed by atoms with Crippen LogP contribution in [0.5, 0.6) is 0 Å². The van der Waals surface area contributed by atoms with Crippen molar-refractivity contribution >= 4 is 45.3 Å². The van der Waals surface area contributed by atoms with Crippen molar-refractivity contribution in [1.29, 1.82) is 0 Å². The fraction of sp³-hybridized carbons (Fsp3) is 0.389. The van der Waals surface area contributed by atoms with Gasteiger partial charge in [-0.3, -0.25) is 10.2 Å². The van der Waals surface area contributed by atoms with Crippen LogP contribution < -0.4 is 22.1 Å². The van der Waals surface area contributed by atoms with Crippen molar-refractivity contribution in [1.82, 2.24) is 40.3 Å². The maximum atomic E-state index is 10.2. The van der Waals surface area contributed by atoms with Crippen LogP contribution >= 0.6 is 0 Å². The van der Waals surface area contributed by atoms with Gasteiger partial charge in [-0.15, -0.1) is 0 Å². The monoisotopic (exact) mass is 672 g/mol. The van der Waals surface area contributed by atoms with Crippen molar-refractivity contribution in [2.24, 2.45) is 23.7 Å². The zero-order valence-corrected chi connectivity index (χ0v) is 27.4. The van der Waals surface area contributed by atoms with Gasteiger partial charge in [0, 0.05) is 58.2 Å². The van der Waals surface area contributed by atoms with Crippen LogP contribution in [0, 0.1) is 23.7 Å². The molecule has 0 aliphatic heterocycles. The van der Waals surface area contributed by atoms with Crippen LogP contribution in [-0.2, 0) is 0 Å². The predicted octanol–water partition coefficient (Wildman–Crippen LogP) is 4.35. The Morgan fingerprint density at radius 3 is 1.42 bits per heavy atom. The van der Waals surface area contributed by atoms with Crippen molar-refractivity contribution < 1.29 is 10.2 Å². The average Bonchev–Trinajstić information content (AvgIpc) is 3.95. The zero-order chi connectivity index (χ0) is 33.9. The molecule has 0 saturated heterocycles. The SMILES string of the molecule is Nc1nc(N[C@@H]2C[C@H]3C[C@@H]2[C@H](O)C3)c2ccc(-c3ccn[nH]3)cc2n1.Nc1nc(N[C@H]2C[C@@H]3C[C@H]2[C@@H](O)C3)c2ccc(-c3ccn[nH]3)cc2n1. The van der Waals surface area contributed by atoms with Gasteiger partial charge >= 0.3 is 0 Å². The molecule has 4 saturated carbocycles. The van der Waals surface area contributed by atoms with Crippen molar-refractivity contribution in [3.63, 3.8) is 0 Å². The first-order valence-electron chi connectivity index (χ1n) is 17.4. The number of fused-ring (bicyclic) bond motifs is 6. The molecule has 0 spiro atoms. The van der Waals surface area contributed by atoms with Crippen molar-refractivity contribution in [2.45, 2.75) is 62.8 Å². The van der Waals surface area contributed by atoms with Gasteiger partial charge in [-0.25, -0.2) is 9.97 Å². The Morgan fingerprint density at radius 2 is 1.04 bits per heavy atom. The van der Waals surface area contributed by atoms with Crippen LogP contribution in [-0.4, -0.2) is 74.8 Å². The molecule has 4 aliphatic rings. The Kier molecular flexibility index (Phi) is 7.50. The highest BCUT2D eigenvalue weighted by atomic mass is 16.3. The quantitative estimate of drug-likeness (QED) is 0.124. The number of hydrogen-bond donors (Lipinski definition) is 8. The smallest absolute Gasteiger partial charge is 0.222 e. The largest absolute Gasteiger partial charge is 0.393 e. The maximum absolute atomic E-state index is 10.2. The second kappa shape index (κ2) is 12.2. The maximum Gasteiger partial charge on any atom is 0.222 e. The van der Waals surface area contributed by atoms with E-state index < -0.39 is 0 Å². The molecule has 8 atom stereocenters. The number of nitrogen functional groups attached to an aromatic ring is 2. The standard InChI is InChI=1S/2C18H20N6O/c2*19-18-22-15-8-10(13-3-4-20-24-13)1-2-11(15)17(23-18)21-14-6-9-5-12(14)16(25)7-9/h2*1-4,8-9,12,14,16,25H,5-7H2,(H,20,24)(H3,19,21,22,23)/t2*9-,12+,14-,16-/m10/s1. The first kappa shape index (κ1) is 30.7. The predicted molar refractivity (Wildman–Crippen MR) is 192 cm³/mol. The summed E-state index contributed by atoms with van der Waals surface area (Å²) in [7, 11) is 0. The Bertz CT molecular complexity index is 2000. The van der Waals surface area contributed by atoms with E-state index in [0.717, 1.165) is 94.5 Å². The molecule has 0 amide bonds. The van der Waals surface area contributed by atoms with E-state index in [1.54, 1.807) is 12.4 Å². The van der Waals surface area contributed by atoms with Crippen LogP contribution in [0.15, 0.2) is 60.9 Å². The summed E-state index contributed by atoms with van der Waals surface area (Å²) in [5.74, 6) is 3.86. The number of aliphatic hydroxyl groups excluding tert-OH is 2. The van der Waals surface area contributed by atoms with Gasteiger partial charge in [0.25, 0.3) is 0 Å². The molecular formula is C36H40N12O2. The number of aromatic nitrogens is 8. The molecule has 10 N–H and O–H groups in total. The fourth-order valence-electron chi connectivity index (χ4n) is 8.99. The molecule has 50 heavy (non-hydrogen) atoms. The van der Waals surface area contributed by atoms with E-state index in [1.165, 1.54) is 0 Å². The van der Waals surface area contributed by atoms with Gasteiger partial charge in [0.05, 0.1) is 34.6 Å². The number of nitrogens with one attached hydrogen (secondary N) is 4. The van der Waals surface area contributed by atoms with E-state index in [9.17, 15) is 10.2 Å². The average molecular weight is 673 g/mol. The van der Waals surface area contributed by atoms with E-state index in [-0.39, 0.29) is 36.2 Å². The number of aliphatic hydroxyl groups is 2. The molecule has 4 bridgehead atoms. The second-order valence-electron chi connectivity index (χ2n) is 14.4. The van der Waals surface area contributed by atoms with Gasteiger partial charge in [0.15, 0.2) is 0 Å². The third-order valence-corrected chi connectivity index (χ3v) is 11.3. The van der Waals surface area contributed by atoms with Crippen molar-refractivity contribution in [2.75, 3.05) is 22.1 Å². The van der Waals surface area contributed by atoms with Gasteiger partial charge in [-0.05, 0) is 86.8 Å². The lowest BCUT2D eigenvalue weighted by Crippen LogP contribution is -2.34. The van der Waals surface area contributed by atoms with Gasteiger partial charge in [-0.1, -0.05) is 12.1 Å². The van der Waals surface area contributed by atoms with Crippen LogP contribution in [0.1, 0.15) is 38.5 Å². The summed E-state index contributed by atoms with van der Waals surface area (Å²) in [4.78, 5) is 17.6. The zero-order valence-electron chi connectivity index (χ0n) is 27.4. The summed E-state index contributed by atoms with van der Waals surface area (Å²) in [6, 6.07) is 16.4. The molecule has 4 aromatic heterocycles. The Morgan fingerprint density at radius 1 is 0.580 bits per heavy atom. The van der Waals surface area contributed by atoms with E-state index >= 15 is 0 Å². The molecule has 4 aliphatic carbocycles. The lowest BCUT2D eigenvalue weighted by atomic mass is 9.92. The summed E-state index contributed by atoms with van der Waals surface area (Å²) in [6.45, 7) is 0. The highest BCUT2D eigenvalue weighted by Crippen LogP contribution is 2.47. The molecule has 14 nitrogen and oxygen atoms in total. The normalized spacial score (nSPS) is 27.9. The van der Waals surface area contributed by atoms with Crippen LogP contribution in [0.25, 0.3) is 44.3 Å².